The van der Waals surface area contributed by atoms with Crippen LogP contribution in [0.15, 0.2) is 53.0 Å². The van der Waals surface area contributed by atoms with E-state index in [4.69, 9.17) is 4.74 Å². The average molecular weight is 361 g/mol. The number of urea groups is 1. The van der Waals surface area contributed by atoms with Gasteiger partial charge in [0.1, 0.15) is 11.9 Å². The minimum Gasteiger partial charge on any atom is -0.486 e. The smallest absolute Gasteiger partial charge is 0.326 e. The minimum absolute atomic E-state index is 0.0190. The van der Waals surface area contributed by atoms with Crippen LogP contribution < -0.4 is 15.0 Å². The Morgan fingerprint density at radius 1 is 1.27 bits per heavy atom. The highest BCUT2D eigenvalue weighted by atomic mass is 79.9. The molecule has 0 saturated heterocycles. The Bertz CT molecular complexity index is 673. The molecule has 4 nitrogen and oxygen atoms in total. The number of nitrogens with zero attached hydrogens (tertiary/aromatic N) is 1. The van der Waals surface area contributed by atoms with E-state index in [1.165, 1.54) is 0 Å². The number of benzene rings is 2. The quantitative estimate of drug-likeness (QED) is 0.845. The van der Waals surface area contributed by atoms with Crippen molar-refractivity contribution < 1.29 is 9.53 Å². The van der Waals surface area contributed by atoms with Crippen LogP contribution in [0.4, 0.5) is 16.2 Å². The Labute approximate surface area is 138 Å². The molecule has 0 fully saturated rings. The van der Waals surface area contributed by atoms with Crippen LogP contribution in [-0.4, -0.2) is 18.7 Å². The predicted molar refractivity (Wildman–Crippen MR) is 91.7 cm³/mol. The average Bonchev–Trinajstić information content (AvgIpc) is 2.55. The zero-order valence-electron chi connectivity index (χ0n) is 12.3. The molecule has 0 unspecified atom stereocenters. The van der Waals surface area contributed by atoms with Crippen LogP contribution >= 0.6 is 15.9 Å². The molecule has 2 aromatic rings. The van der Waals surface area contributed by atoms with Crippen LogP contribution in [0.3, 0.4) is 0 Å². The number of halogens is 1. The fraction of sp³-hybridized carbons (Fsp3) is 0.235. The van der Waals surface area contributed by atoms with Gasteiger partial charge in [-0.15, -0.1) is 0 Å². The molecule has 0 radical (unpaired) electrons. The Hall–Kier alpha value is -2.01. The second-order valence-corrected chi connectivity index (χ2v) is 6.08. The number of amides is 2. The second kappa shape index (κ2) is 6.40. The fourth-order valence-electron chi connectivity index (χ4n) is 2.43. The number of anilines is 2. The van der Waals surface area contributed by atoms with Crippen molar-refractivity contribution >= 4 is 33.3 Å². The lowest BCUT2D eigenvalue weighted by atomic mass is 10.1. The molecule has 0 aromatic heterocycles. The molecule has 2 amide bonds. The van der Waals surface area contributed by atoms with Gasteiger partial charge >= 0.3 is 6.03 Å². The Morgan fingerprint density at radius 3 is 2.73 bits per heavy atom. The molecular formula is C17H17BrN2O2. The van der Waals surface area contributed by atoms with Gasteiger partial charge in [0.15, 0.2) is 0 Å². The van der Waals surface area contributed by atoms with Crippen LogP contribution in [0.1, 0.15) is 13.3 Å². The molecule has 0 aliphatic carbocycles. The summed E-state index contributed by atoms with van der Waals surface area (Å²) >= 11 is 3.39. The molecule has 2 aromatic carbocycles. The lowest BCUT2D eigenvalue weighted by Crippen LogP contribution is -2.45. The number of fused-ring (bicyclic) bond motifs is 1. The van der Waals surface area contributed by atoms with Crippen molar-refractivity contribution in [1.29, 1.82) is 0 Å². The first-order valence-corrected chi connectivity index (χ1v) is 8.06. The largest absolute Gasteiger partial charge is 0.486 e. The SMILES string of the molecule is CC[C@@H]1CN(C(=O)Nc2ccc(Br)cc2)c2ccccc2O1. The highest BCUT2D eigenvalue weighted by Gasteiger charge is 2.28. The molecule has 0 bridgehead atoms. The first-order valence-electron chi connectivity index (χ1n) is 7.27. The number of rotatable bonds is 2. The van der Waals surface area contributed by atoms with Crippen molar-refractivity contribution in [1.82, 2.24) is 0 Å². The third-order valence-corrected chi connectivity index (χ3v) is 4.16. The maximum atomic E-state index is 12.6. The summed E-state index contributed by atoms with van der Waals surface area (Å²) in [7, 11) is 0. The molecule has 1 heterocycles. The molecule has 1 aliphatic rings. The number of para-hydroxylation sites is 2. The van der Waals surface area contributed by atoms with E-state index < -0.39 is 0 Å². The van der Waals surface area contributed by atoms with Gasteiger partial charge in [-0.2, -0.15) is 0 Å². The van der Waals surface area contributed by atoms with Gasteiger partial charge in [0.2, 0.25) is 0 Å². The summed E-state index contributed by atoms with van der Waals surface area (Å²) in [5.41, 5.74) is 1.58. The fourth-order valence-corrected chi connectivity index (χ4v) is 2.69. The van der Waals surface area contributed by atoms with Gasteiger partial charge in [-0.1, -0.05) is 35.0 Å². The van der Waals surface area contributed by atoms with Crippen LogP contribution in [0.2, 0.25) is 0 Å². The number of hydrogen-bond acceptors (Lipinski definition) is 2. The van der Waals surface area contributed by atoms with E-state index >= 15 is 0 Å². The third-order valence-electron chi connectivity index (χ3n) is 3.63. The summed E-state index contributed by atoms with van der Waals surface area (Å²) in [6, 6.07) is 15.0. The number of nitrogens with one attached hydrogen (secondary N) is 1. The first-order chi connectivity index (χ1) is 10.7. The third kappa shape index (κ3) is 3.09. The zero-order valence-corrected chi connectivity index (χ0v) is 13.8. The van der Waals surface area contributed by atoms with Crippen molar-refractivity contribution in [2.24, 2.45) is 0 Å². The van der Waals surface area contributed by atoms with Gasteiger partial charge in [0, 0.05) is 10.2 Å². The molecule has 5 heteroatoms. The highest BCUT2D eigenvalue weighted by Crippen LogP contribution is 2.34. The predicted octanol–water partition coefficient (Wildman–Crippen LogP) is 4.66. The number of ether oxygens (including phenoxy) is 1. The first kappa shape index (κ1) is 14.9. The summed E-state index contributed by atoms with van der Waals surface area (Å²) in [6.07, 6.45) is 0.877. The molecule has 0 spiro atoms. The summed E-state index contributed by atoms with van der Waals surface area (Å²) in [5.74, 6) is 0.756. The zero-order chi connectivity index (χ0) is 15.5. The van der Waals surface area contributed by atoms with Crippen molar-refractivity contribution in [2.45, 2.75) is 19.4 Å². The summed E-state index contributed by atoms with van der Waals surface area (Å²) in [4.78, 5) is 14.4. The molecule has 0 saturated carbocycles. The lowest BCUT2D eigenvalue weighted by Gasteiger charge is -2.34. The van der Waals surface area contributed by atoms with E-state index in [0.717, 1.165) is 28.0 Å². The topological polar surface area (TPSA) is 41.6 Å². The molecule has 1 atom stereocenters. The van der Waals surface area contributed by atoms with Crippen LogP contribution in [0.25, 0.3) is 0 Å². The number of hydrogen-bond donors (Lipinski definition) is 1. The second-order valence-electron chi connectivity index (χ2n) is 5.16. The van der Waals surface area contributed by atoms with Gasteiger partial charge < -0.3 is 10.1 Å². The minimum atomic E-state index is -0.142. The van der Waals surface area contributed by atoms with E-state index in [-0.39, 0.29) is 12.1 Å². The van der Waals surface area contributed by atoms with Crippen LogP contribution in [0, 0.1) is 0 Å². The Morgan fingerprint density at radius 2 is 2.00 bits per heavy atom. The van der Waals surface area contributed by atoms with E-state index in [1.54, 1.807) is 4.90 Å². The molecule has 22 heavy (non-hydrogen) atoms. The summed E-state index contributed by atoms with van der Waals surface area (Å²) in [6.45, 7) is 2.61. The molecule has 3 rings (SSSR count). The Kier molecular flexibility index (Phi) is 4.34. The maximum Gasteiger partial charge on any atom is 0.326 e. The molecule has 1 N–H and O–H groups in total. The Balaban J connectivity index is 1.83. The van der Waals surface area contributed by atoms with Gasteiger partial charge in [-0.05, 0) is 42.8 Å². The van der Waals surface area contributed by atoms with E-state index in [1.807, 2.05) is 48.5 Å². The maximum absolute atomic E-state index is 12.6. The van der Waals surface area contributed by atoms with Crippen molar-refractivity contribution in [3.8, 4) is 5.75 Å². The normalized spacial score (nSPS) is 16.6. The number of carbonyl (C=O) groups is 1. The number of carbonyl (C=O) groups excluding carboxylic acids is 1. The van der Waals surface area contributed by atoms with Crippen LogP contribution in [-0.2, 0) is 0 Å². The van der Waals surface area contributed by atoms with Crippen molar-refractivity contribution in [3.63, 3.8) is 0 Å². The molecular weight excluding hydrogens is 344 g/mol. The van der Waals surface area contributed by atoms with Gasteiger partial charge in [0.05, 0.1) is 12.2 Å². The van der Waals surface area contributed by atoms with Gasteiger partial charge in [-0.25, -0.2) is 4.79 Å². The highest BCUT2D eigenvalue weighted by molar-refractivity contribution is 9.10. The summed E-state index contributed by atoms with van der Waals surface area (Å²) in [5, 5.41) is 2.93. The van der Waals surface area contributed by atoms with E-state index in [0.29, 0.717) is 6.54 Å². The lowest BCUT2D eigenvalue weighted by molar-refractivity contribution is 0.188. The summed E-state index contributed by atoms with van der Waals surface area (Å²) < 4.78 is 6.88. The van der Waals surface area contributed by atoms with E-state index in [2.05, 4.69) is 28.2 Å². The van der Waals surface area contributed by atoms with Crippen molar-refractivity contribution in [2.75, 3.05) is 16.8 Å². The standard InChI is InChI=1S/C17H17BrN2O2/c1-2-14-11-20(15-5-3-4-6-16(15)22-14)17(21)19-13-9-7-12(18)8-10-13/h3-10,14H,2,11H2,1H3,(H,19,21)/t14-/m1/s1. The molecule has 114 valence electrons. The van der Waals surface area contributed by atoms with Crippen molar-refractivity contribution in [3.05, 3.63) is 53.0 Å². The van der Waals surface area contributed by atoms with E-state index in [9.17, 15) is 4.79 Å². The monoisotopic (exact) mass is 360 g/mol. The van der Waals surface area contributed by atoms with Crippen LogP contribution in [0.5, 0.6) is 5.75 Å². The van der Waals surface area contributed by atoms with Gasteiger partial charge in [-0.3, -0.25) is 4.90 Å². The molecule has 1 aliphatic heterocycles. The van der Waals surface area contributed by atoms with Gasteiger partial charge in [0.25, 0.3) is 0 Å².